The lowest BCUT2D eigenvalue weighted by Gasteiger charge is -2.28. The molecule has 3 heteroatoms. The smallest absolute Gasteiger partial charge is 0.119 e. The summed E-state index contributed by atoms with van der Waals surface area (Å²) in [6.45, 7) is 3.19. The van der Waals surface area contributed by atoms with Crippen molar-refractivity contribution in [3.63, 3.8) is 0 Å². The summed E-state index contributed by atoms with van der Waals surface area (Å²) < 4.78 is 5.71. The SMILES string of the molecule is OCC1CCCCCN1CCCOc1ccccc1. The Kier molecular flexibility index (Phi) is 6.18. The number of ether oxygens (including phenoxy) is 1. The number of likely N-dealkylation sites (tertiary alicyclic amines) is 1. The Morgan fingerprint density at radius 2 is 2.00 bits per heavy atom. The maximum absolute atomic E-state index is 9.45. The summed E-state index contributed by atoms with van der Waals surface area (Å²) in [5, 5.41) is 9.45. The molecule has 0 aliphatic carbocycles. The number of benzene rings is 1. The van der Waals surface area contributed by atoms with Crippen LogP contribution in [-0.2, 0) is 0 Å². The summed E-state index contributed by atoms with van der Waals surface area (Å²) in [5.74, 6) is 0.942. The Morgan fingerprint density at radius 3 is 2.79 bits per heavy atom. The van der Waals surface area contributed by atoms with Crippen molar-refractivity contribution in [2.45, 2.75) is 38.1 Å². The van der Waals surface area contributed by atoms with Crippen LogP contribution in [0.15, 0.2) is 30.3 Å². The lowest BCUT2D eigenvalue weighted by Crippen LogP contribution is -2.38. The van der Waals surface area contributed by atoms with Gasteiger partial charge in [0.1, 0.15) is 5.75 Å². The first-order valence-corrected chi connectivity index (χ1v) is 7.43. The van der Waals surface area contributed by atoms with E-state index in [4.69, 9.17) is 4.74 Å². The number of rotatable bonds is 6. The van der Waals surface area contributed by atoms with Gasteiger partial charge in [-0.2, -0.15) is 0 Å². The summed E-state index contributed by atoms with van der Waals surface area (Å²) in [7, 11) is 0. The van der Waals surface area contributed by atoms with Crippen LogP contribution in [0.1, 0.15) is 32.1 Å². The van der Waals surface area contributed by atoms with Gasteiger partial charge in [0, 0.05) is 12.6 Å². The van der Waals surface area contributed by atoms with E-state index in [2.05, 4.69) is 4.90 Å². The minimum Gasteiger partial charge on any atom is -0.494 e. The summed E-state index contributed by atoms with van der Waals surface area (Å²) in [4.78, 5) is 2.43. The molecule has 2 rings (SSSR count). The van der Waals surface area contributed by atoms with Crippen LogP contribution < -0.4 is 4.74 Å². The molecule has 0 saturated carbocycles. The number of hydrogen-bond donors (Lipinski definition) is 1. The van der Waals surface area contributed by atoms with Gasteiger partial charge in [-0.05, 0) is 37.9 Å². The molecule has 1 heterocycles. The quantitative estimate of drug-likeness (QED) is 0.801. The van der Waals surface area contributed by atoms with Crippen LogP contribution in [0.4, 0.5) is 0 Å². The number of para-hydroxylation sites is 1. The Labute approximate surface area is 116 Å². The largest absolute Gasteiger partial charge is 0.494 e. The zero-order valence-electron chi connectivity index (χ0n) is 11.6. The second-order valence-corrected chi connectivity index (χ2v) is 5.24. The number of hydrogen-bond acceptors (Lipinski definition) is 3. The minimum absolute atomic E-state index is 0.291. The first-order valence-electron chi connectivity index (χ1n) is 7.43. The molecular formula is C16H25NO2. The normalized spacial score (nSPS) is 21.0. The fourth-order valence-electron chi connectivity index (χ4n) is 2.71. The van der Waals surface area contributed by atoms with Gasteiger partial charge in [0.05, 0.1) is 13.2 Å². The van der Waals surface area contributed by atoms with Crippen molar-refractivity contribution < 1.29 is 9.84 Å². The molecule has 1 aliphatic heterocycles. The number of aliphatic hydroxyl groups excluding tert-OH is 1. The monoisotopic (exact) mass is 263 g/mol. The molecule has 0 amide bonds. The lowest BCUT2D eigenvalue weighted by atomic mass is 10.1. The third-order valence-corrected chi connectivity index (χ3v) is 3.81. The van der Waals surface area contributed by atoms with Gasteiger partial charge in [-0.1, -0.05) is 31.0 Å². The molecule has 0 aromatic heterocycles. The molecule has 0 radical (unpaired) electrons. The van der Waals surface area contributed by atoms with Crippen LogP contribution in [0.25, 0.3) is 0 Å². The second kappa shape index (κ2) is 8.18. The van der Waals surface area contributed by atoms with Gasteiger partial charge in [0.25, 0.3) is 0 Å². The number of nitrogens with zero attached hydrogens (tertiary/aromatic N) is 1. The highest BCUT2D eigenvalue weighted by molar-refractivity contribution is 5.20. The van der Waals surface area contributed by atoms with Gasteiger partial charge in [0.2, 0.25) is 0 Å². The molecular weight excluding hydrogens is 238 g/mol. The van der Waals surface area contributed by atoms with E-state index in [1.165, 1.54) is 19.3 Å². The Bertz CT molecular complexity index is 342. The highest BCUT2D eigenvalue weighted by atomic mass is 16.5. The van der Waals surface area contributed by atoms with Gasteiger partial charge in [-0.15, -0.1) is 0 Å². The highest BCUT2D eigenvalue weighted by Gasteiger charge is 2.19. The van der Waals surface area contributed by atoms with Crippen molar-refractivity contribution >= 4 is 0 Å². The maximum Gasteiger partial charge on any atom is 0.119 e. The van der Waals surface area contributed by atoms with Gasteiger partial charge in [-0.25, -0.2) is 0 Å². The van der Waals surface area contributed by atoms with Gasteiger partial charge in [-0.3, -0.25) is 4.90 Å². The molecule has 106 valence electrons. The molecule has 0 spiro atoms. The van der Waals surface area contributed by atoms with E-state index in [0.717, 1.165) is 38.3 Å². The predicted octanol–water partition coefficient (Wildman–Crippen LogP) is 2.69. The summed E-state index contributed by atoms with van der Waals surface area (Å²) in [6, 6.07) is 10.3. The van der Waals surface area contributed by atoms with E-state index in [-0.39, 0.29) is 0 Å². The molecule has 19 heavy (non-hydrogen) atoms. The van der Waals surface area contributed by atoms with E-state index in [9.17, 15) is 5.11 Å². The Balaban J connectivity index is 1.69. The summed E-state index contributed by atoms with van der Waals surface area (Å²) >= 11 is 0. The molecule has 1 N–H and O–H groups in total. The lowest BCUT2D eigenvalue weighted by molar-refractivity contribution is 0.118. The van der Waals surface area contributed by atoms with E-state index in [1.54, 1.807) is 0 Å². The molecule has 1 atom stereocenters. The van der Waals surface area contributed by atoms with Crippen molar-refractivity contribution in [1.82, 2.24) is 4.90 Å². The first-order chi connectivity index (χ1) is 9.40. The Morgan fingerprint density at radius 1 is 1.16 bits per heavy atom. The van der Waals surface area contributed by atoms with Crippen LogP contribution in [-0.4, -0.2) is 42.4 Å². The summed E-state index contributed by atoms with van der Waals surface area (Å²) in [6.07, 6.45) is 5.97. The fraction of sp³-hybridized carbons (Fsp3) is 0.625. The van der Waals surface area contributed by atoms with Gasteiger partial charge in [0.15, 0.2) is 0 Å². The summed E-state index contributed by atoms with van der Waals surface area (Å²) in [5.41, 5.74) is 0. The molecule has 0 bridgehead atoms. The van der Waals surface area contributed by atoms with Crippen molar-refractivity contribution in [3.8, 4) is 5.75 Å². The van der Waals surface area contributed by atoms with E-state index in [1.807, 2.05) is 30.3 Å². The standard InChI is InChI=1S/C16H25NO2/c18-14-15-8-3-2-6-11-17(15)12-7-13-19-16-9-4-1-5-10-16/h1,4-5,9-10,15,18H,2-3,6-8,11-14H2. The molecule has 1 aromatic carbocycles. The first kappa shape index (κ1) is 14.4. The van der Waals surface area contributed by atoms with Crippen molar-refractivity contribution in [2.75, 3.05) is 26.3 Å². The topological polar surface area (TPSA) is 32.7 Å². The van der Waals surface area contributed by atoms with Crippen LogP contribution in [0, 0.1) is 0 Å². The minimum atomic E-state index is 0.291. The van der Waals surface area contributed by atoms with Crippen LogP contribution in [0.3, 0.4) is 0 Å². The Hall–Kier alpha value is -1.06. The maximum atomic E-state index is 9.45. The molecule has 1 aliphatic rings. The average Bonchev–Trinajstić information content (AvgIpc) is 2.69. The molecule has 1 unspecified atom stereocenters. The second-order valence-electron chi connectivity index (χ2n) is 5.24. The van der Waals surface area contributed by atoms with Crippen molar-refractivity contribution in [3.05, 3.63) is 30.3 Å². The van der Waals surface area contributed by atoms with Crippen LogP contribution in [0.2, 0.25) is 0 Å². The molecule has 1 saturated heterocycles. The number of aliphatic hydroxyl groups is 1. The van der Waals surface area contributed by atoms with Crippen LogP contribution in [0.5, 0.6) is 5.75 Å². The third kappa shape index (κ3) is 4.84. The van der Waals surface area contributed by atoms with Gasteiger partial charge >= 0.3 is 0 Å². The van der Waals surface area contributed by atoms with E-state index >= 15 is 0 Å². The van der Waals surface area contributed by atoms with Crippen LogP contribution >= 0.6 is 0 Å². The predicted molar refractivity (Wildman–Crippen MR) is 77.5 cm³/mol. The fourth-order valence-corrected chi connectivity index (χ4v) is 2.71. The molecule has 1 fully saturated rings. The van der Waals surface area contributed by atoms with Crippen molar-refractivity contribution in [1.29, 1.82) is 0 Å². The average molecular weight is 263 g/mol. The molecule has 1 aromatic rings. The molecule has 3 nitrogen and oxygen atoms in total. The third-order valence-electron chi connectivity index (χ3n) is 3.81. The zero-order chi connectivity index (χ0) is 13.3. The highest BCUT2D eigenvalue weighted by Crippen LogP contribution is 2.17. The zero-order valence-corrected chi connectivity index (χ0v) is 11.6. The van der Waals surface area contributed by atoms with E-state index in [0.29, 0.717) is 12.6 Å². The van der Waals surface area contributed by atoms with E-state index < -0.39 is 0 Å². The van der Waals surface area contributed by atoms with Crippen molar-refractivity contribution in [2.24, 2.45) is 0 Å². The van der Waals surface area contributed by atoms with Gasteiger partial charge < -0.3 is 9.84 Å².